The van der Waals surface area contributed by atoms with E-state index in [2.05, 4.69) is 21.3 Å². The molecule has 2 aliphatic rings. The van der Waals surface area contributed by atoms with Gasteiger partial charge in [0.15, 0.2) is 5.13 Å². The van der Waals surface area contributed by atoms with E-state index < -0.39 is 0 Å². The number of pyridine rings is 1. The number of rotatable bonds is 4. The van der Waals surface area contributed by atoms with Gasteiger partial charge < -0.3 is 19.7 Å². The lowest BCUT2D eigenvalue weighted by molar-refractivity contribution is 0.0901. The first-order chi connectivity index (χ1) is 14.9. The van der Waals surface area contributed by atoms with Crippen molar-refractivity contribution < 1.29 is 14.3 Å². The lowest BCUT2D eigenvalue weighted by Crippen LogP contribution is -2.48. The number of nitrogens with one attached hydrogen (secondary N) is 1. The largest absolute Gasteiger partial charge is 0.490 e. The van der Waals surface area contributed by atoms with E-state index in [4.69, 9.17) is 14.5 Å². The number of carbonyl (C=O) groups is 1. The van der Waals surface area contributed by atoms with Crippen molar-refractivity contribution in [2.24, 2.45) is 0 Å². The van der Waals surface area contributed by atoms with Gasteiger partial charge in [-0.1, -0.05) is 23.5 Å². The fraction of sp³-hybridized carbons (Fsp3) is 0.348. The van der Waals surface area contributed by atoms with E-state index >= 15 is 0 Å². The molecule has 0 saturated heterocycles. The summed E-state index contributed by atoms with van der Waals surface area (Å²) in [6.45, 7) is 5.79. The van der Waals surface area contributed by atoms with Crippen LogP contribution in [0.25, 0.3) is 11.1 Å². The number of ether oxygens (including phenoxy) is 2. The number of hydrogen-bond acceptors (Lipinski definition) is 7. The van der Waals surface area contributed by atoms with Gasteiger partial charge in [-0.05, 0) is 37.6 Å². The highest BCUT2D eigenvalue weighted by atomic mass is 32.1. The number of hydrogen-bond donors (Lipinski definition) is 1. The average Bonchev–Trinajstić information content (AvgIpc) is 3.17. The first kappa shape index (κ1) is 20.0. The van der Waals surface area contributed by atoms with Gasteiger partial charge in [0.1, 0.15) is 17.2 Å². The quantitative estimate of drug-likeness (QED) is 0.668. The second-order valence-electron chi connectivity index (χ2n) is 8.44. The van der Waals surface area contributed by atoms with Crippen LogP contribution >= 0.6 is 11.3 Å². The summed E-state index contributed by atoms with van der Waals surface area (Å²) in [6.07, 6.45) is 2.58. The highest BCUT2D eigenvalue weighted by Gasteiger charge is 2.34. The second-order valence-corrected chi connectivity index (χ2v) is 9.42. The van der Waals surface area contributed by atoms with Crippen molar-refractivity contribution in [2.75, 3.05) is 25.2 Å². The molecule has 2 aliphatic heterocycles. The van der Waals surface area contributed by atoms with Gasteiger partial charge in [-0.25, -0.2) is 4.98 Å². The SMILES string of the molecule is COCc1ccc(-c2ccc3c(c2)N(c2nc4c(s2)C(=O)NC(C)(C)C4)CCO3)cn1. The average molecular weight is 437 g/mol. The van der Waals surface area contributed by atoms with Gasteiger partial charge in [-0.3, -0.25) is 9.78 Å². The number of anilines is 2. The Morgan fingerprint density at radius 1 is 1.26 bits per heavy atom. The van der Waals surface area contributed by atoms with E-state index in [9.17, 15) is 4.79 Å². The molecular weight excluding hydrogens is 412 g/mol. The van der Waals surface area contributed by atoms with Gasteiger partial charge in [0, 0.05) is 30.8 Å². The number of nitrogens with zero attached hydrogens (tertiary/aromatic N) is 3. The van der Waals surface area contributed by atoms with Crippen LogP contribution in [0.3, 0.4) is 0 Å². The number of benzene rings is 1. The van der Waals surface area contributed by atoms with Crippen LogP contribution in [0.4, 0.5) is 10.8 Å². The number of fused-ring (bicyclic) bond motifs is 2. The van der Waals surface area contributed by atoms with Gasteiger partial charge in [0.05, 0.1) is 30.2 Å². The maximum Gasteiger partial charge on any atom is 0.263 e. The molecule has 0 atom stereocenters. The summed E-state index contributed by atoms with van der Waals surface area (Å²) in [4.78, 5) is 24.7. The molecule has 0 saturated carbocycles. The van der Waals surface area contributed by atoms with Gasteiger partial charge in [-0.2, -0.15) is 0 Å². The smallest absolute Gasteiger partial charge is 0.263 e. The van der Waals surface area contributed by atoms with E-state index in [1.54, 1.807) is 7.11 Å². The minimum Gasteiger partial charge on any atom is -0.490 e. The van der Waals surface area contributed by atoms with Crippen LogP contribution in [0.1, 0.15) is 34.9 Å². The molecule has 5 rings (SSSR count). The maximum absolute atomic E-state index is 12.6. The molecular formula is C23H24N4O3S. The highest BCUT2D eigenvalue weighted by molar-refractivity contribution is 7.17. The molecule has 160 valence electrons. The number of thiazole rings is 1. The molecule has 8 heteroatoms. The van der Waals surface area contributed by atoms with Crippen LogP contribution in [-0.4, -0.2) is 41.7 Å². The zero-order valence-corrected chi connectivity index (χ0v) is 18.6. The zero-order valence-electron chi connectivity index (χ0n) is 17.8. The van der Waals surface area contributed by atoms with Crippen molar-refractivity contribution in [3.05, 3.63) is 52.8 Å². The third-order valence-corrected chi connectivity index (χ3v) is 6.58. The molecule has 3 aromatic rings. The Morgan fingerprint density at radius 3 is 2.87 bits per heavy atom. The molecule has 1 aromatic carbocycles. The van der Waals surface area contributed by atoms with Crippen LogP contribution in [-0.2, 0) is 17.8 Å². The van der Waals surface area contributed by atoms with E-state index in [0.29, 0.717) is 24.6 Å². The van der Waals surface area contributed by atoms with Crippen LogP contribution < -0.4 is 15.0 Å². The molecule has 4 heterocycles. The van der Waals surface area contributed by atoms with Crippen molar-refractivity contribution in [1.29, 1.82) is 0 Å². The topological polar surface area (TPSA) is 76.6 Å². The number of amides is 1. The van der Waals surface area contributed by atoms with Crippen molar-refractivity contribution in [3.63, 3.8) is 0 Å². The Bertz CT molecular complexity index is 1140. The molecule has 1 N–H and O–H groups in total. The fourth-order valence-corrected chi connectivity index (χ4v) is 5.02. The number of methoxy groups -OCH3 is 1. The molecule has 0 bridgehead atoms. The predicted molar refractivity (Wildman–Crippen MR) is 120 cm³/mol. The minimum absolute atomic E-state index is 0.0422. The molecule has 0 fully saturated rings. The monoisotopic (exact) mass is 436 g/mol. The highest BCUT2D eigenvalue weighted by Crippen LogP contribution is 2.42. The molecule has 7 nitrogen and oxygen atoms in total. The first-order valence-electron chi connectivity index (χ1n) is 10.2. The number of aromatic nitrogens is 2. The van der Waals surface area contributed by atoms with Crippen LogP contribution in [0.5, 0.6) is 5.75 Å². The molecule has 0 unspecified atom stereocenters. The summed E-state index contributed by atoms with van der Waals surface area (Å²) in [5.74, 6) is 0.774. The van der Waals surface area contributed by atoms with Gasteiger partial charge >= 0.3 is 0 Å². The summed E-state index contributed by atoms with van der Waals surface area (Å²) >= 11 is 1.44. The summed E-state index contributed by atoms with van der Waals surface area (Å²) in [6, 6.07) is 10.2. The van der Waals surface area contributed by atoms with E-state index in [0.717, 1.165) is 45.5 Å². The Morgan fingerprint density at radius 2 is 2.10 bits per heavy atom. The minimum atomic E-state index is -0.284. The maximum atomic E-state index is 12.6. The number of carbonyl (C=O) groups excluding carboxylic acids is 1. The van der Waals surface area contributed by atoms with Crippen LogP contribution in [0, 0.1) is 0 Å². The van der Waals surface area contributed by atoms with Crippen molar-refractivity contribution >= 4 is 28.1 Å². The molecule has 0 spiro atoms. The third-order valence-electron chi connectivity index (χ3n) is 5.46. The Balaban J connectivity index is 1.50. The van der Waals surface area contributed by atoms with Gasteiger partial charge in [0.2, 0.25) is 0 Å². The third kappa shape index (κ3) is 3.77. The molecule has 2 aromatic heterocycles. The molecule has 1 amide bonds. The Hall–Kier alpha value is -2.97. The lowest BCUT2D eigenvalue weighted by atomic mass is 9.94. The van der Waals surface area contributed by atoms with Crippen molar-refractivity contribution in [2.45, 2.75) is 32.4 Å². The summed E-state index contributed by atoms with van der Waals surface area (Å²) in [5.41, 5.74) is 4.50. The normalized spacial score (nSPS) is 16.9. The fourth-order valence-electron chi connectivity index (χ4n) is 4.00. The van der Waals surface area contributed by atoms with E-state index in [1.165, 1.54) is 11.3 Å². The molecule has 31 heavy (non-hydrogen) atoms. The lowest BCUT2D eigenvalue weighted by Gasteiger charge is -2.30. The van der Waals surface area contributed by atoms with Crippen molar-refractivity contribution in [3.8, 4) is 16.9 Å². The standard InChI is InChI=1S/C23H24N4O3S/c1-23(2)11-17-20(21(28)26-23)31-22(25-17)27-8-9-30-19-7-5-14(10-18(19)27)15-4-6-16(13-29-3)24-12-15/h4-7,10,12H,8-9,11,13H2,1-3H3,(H,26,28). The van der Waals surface area contributed by atoms with Gasteiger partial charge in [0.25, 0.3) is 5.91 Å². The first-order valence-corrected chi connectivity index (χ1v) is 11.1. The molecule has 0 radical (unpaired) electrons. The summed E-state index contributed by atoms with van der Waals surface area (Å²) in [7, 11) is 1.66. The van der Waals surface area contributed by atoms with Gasteiger partial charge in [-0.15, -0.1) is 0 Å². The van der Waals surface area contributed by atoms with E-state index in [-0.39, 0.29) is 11.4 Å². The van der Waals surface area contributed by atoms with E-state index in [1.807, 2.05) is 44.3 Å². The Labute approximate surface area is 185 Å². The van der Waals surface area contributed by atoms with Crippen molar-refractivity contribution in [1.82, 2.24) is 15.3 Å². The summed E-state index contributed by atoms with van der Waals surface area (Å²) < 4.78 is 11.0. The van der Waals surface area contributed by atoms with Crippen LogP contribution in [0.15, 0.2) is 36.5 Å². The Kier molecular flexibility index (Phi) is 4.91. The molecule has 0 aliphatic carbocycles. The zero-order chi connectivity index (χ0) is 21.6. The summed E-state index contributed by atoms with van der Waals surface area (Å²) in [5, 5.41) is 3.89. The second kappa shape index (κ2) is 7.62. The predicted octanol–water partition coefficient (Wildman–Crippen LogP) is 3.95. The van der Waals surface area contributed by atoms with Crippen LogP contribution in [0.2, 0.25) is 0 Å².